The summed E-state index contributed by atoms with van der Waals surface area (Å²) in [5, 5.41) is 29.8. The Morgan fingerprint density at radius 1 is 1.10 bits per heavy atom. The number of aryl methyl sites for hydroxylation is 1. The Bertz CT molecular complexity index is 1060. The van der Waals surface area contributed by atoms with Crippen molar-refractivity contribution in [3.8, 4) is 11.5 Å². The number of phenols is 1. The first-order valence-electron chi connectivity index (χ1n) is 9.68. The summed E-state index contributed by atoms with van der Waals surface area (Å²) in [6.07, 6.45) is -0.0365. The Morgan fingerprint density at radius 3 is 2.39 bits per heavy atom. The molecule has 0 aromatic heterocycles. The minimum absolute atomic E-state index is 0.00934. The number of carbonyl (C=O) groups excluding carboxylic acids is 2. The number of aliphatic hydroxyl groups excluding tert-OH is 1. The van der Waals surface area contributed by atoms with Crippen LogP contribution in [0.5, 0.6) is 11.5 Å². The number of benzene rings is 2. The molecule has 1 atom stereocenters. The Labute approximate surface area is 179 Å². The standard InChI is InChI=1S/C23H23NO7/c1-13-5-7-14(8-6-13)21(28)19-20(15-9-10-16(25)17(12-15)31-2)24(23(30)22(19)29)11-3-4-18(26)27/h5-10,12,20,25,28H,3-4,11H2,1-2H3,(H,26,27)/b21-19-. The molecule has 1 unspecified atom stereocenters. The molecule has 8 nitrogen and oxygen atoms in total. The monoisotopic (exact) mass is 425 g/mol. The number of ether oxygens (including phenoxy) is 1. The van der Waals surface area contributed by atoms with Crippen LogP contribution in [-0.2, 0) is 14.4 Å². The topological polar surface area (TPSA) is 124 Å². The van der Waals surface area contributed by atoms with Crippen molar-refractivity contribution in [3.05, 3.63) is 64.7 Å². The number of methoxy groups -OCH3 is 1. The molecule has 0 saturated carbocycles. The number of aliphatic carboxylic acids is 1. The molecular formula is C23H23NO7. The second-order valence-electron chi connectivity index (χ2n) is 7.29. The third kappa shape index (κ3) is 4.37. The third-order valence-electron chi connectivity index (χ3n) is 5.17. The molecule has 0 aliphatic carbocycles. The first kappa shape index (κ1) is 21.9. The minimum atomic E-state index is -1.01. The Hall–Kier alpha value is -3.81. The molecule has 0 radical (unpaired) electrons. The van der Waals surface area contributed by atoms with Gasteiger partial charge in [0, 0.05) is 18.5 Å². The second kappa shape index (κ2) is 8.91. The lowest BCUT2D eigenvalue weighted by molar-refractivity contribution is -0.140. The van der Waals surface area contributed by atoms with Crippen LogP contribution in [0, 0.1) is 6.92 Å². The number of Topliss-reactive ketones (excluding diaryl/α,β-unsaturated/α-hetero) is 1. The molecule has 0 bridgehead atoms. The van der Waals surface area contributed by atoms with Crippen molar-refractivity contribution in [2.45, 2.75) is 25.8 Å². The van der Waals surface area contributed by atoms with Crippen molar-refractivity contribution in [1.29, 1.82) is 0 Å². The number of ketones is 1. The number of likely N-dealkylation sites (tertiary alicyclic amines) is 1. The number of carboxylic acid groups (broad SMARTS) is 1. The second-order valence-corrected chi connectivity index (χ2v) is 7.29. The first-order valence-corrected chi connectivity index (χ1v) is 9.68. The number of hydrogen-bond acceptors (Lipinski definition) is 6. The molecule has 8 heteroatoms. The van der Waals surface area contributed by atoms with Crippen molar-refractivity contribution in [2.24, 2.45) is 0 Å². The van der Waals surface area contributed by atoms with Crippen molar-refractivity contribution in [2.75, 3.05) is 13.7 Å². The van der Waals surface area contributed by atoms with E-state index in [0.717, 1.165) is 5.56 Å². The zero-order chi connectivity index (χ0) is 22.7. The lowest BCUT2D eigenvalue weighted by atomic mass is 9.94. The summed E-state index contributed by atoms with van der Waals surface area (Å²) in [4.78, 5) is 37.8. The van der Waals surface area contributed by atoms with E-state index in [1.165, 1.54) is 30.2 Å². The van der Waals surface area contributed by atoms with Gasteiger partial charge in [-0.3, -0.25) is 14.4 Å². The Morgan fingerprint density at radius 2 is 1.77 bits per heavy atom. The molecule has 0 spiro atoms. The number of carboxylic acids is 1. The van der Waals surface area contributed by atoms with E-state index in [1.807, 2.05) is 6.92 Å². The van der Waals surface area contributed by atoms with E-state index < -0.39 is 23.7 Å². The fourth-order valence-corrected chi connectivity index (χ4v) is 3.59. The smallest absolute Gasteiger partial charge is 0.303 e. The highest BCUT2D eigenvalue weighted by Crippen LogP contribution is 2.41. The molecular weight excluding hydrogens is 402 g/mol. The summed E-state index contributed by atoms with van der Waals surface area (Å²) in [5.74, 6) is -2.99. The molecule has 1 fully saturated rings. The van der Waals surface area contributed by atoms with E-state index in [1.54, 1.807) is 24.3 Å². The van der Waals surface area contributed by atoms with Gasteiger partial charge in [-0.2, -0.15) is 0 Å². The molecule has 1 aliphatic rings. The Kier molecular flexibility index (Phi) is 6.29. The number of phenolic OH excluding ortho intramolecular Hbond substituents is 1. The lowest BCUT2D eigenvalue weighted by Gasteiger charge is -2.25. The van der Waals surface area contributed by atoms with Crippen LogP contribution in [0.2, 0.25) is 0 Å². The van der Waals surface area contributed by atoms with Crippen LogP contribution < -0.4 is 4.74 Å². The maximum absolute atomic E-state index is 12.9. The van der Waals surface area contributed by atoms with Crippen LogP contribution in [0.3, 0.4) is 0 Å². The normalized spacial score (nSPS) is 17.7. The quantitative estimate of drug-likeness (QED) is 0.354. The summed E-state index contributed by atoms with van der Waals surface area (Å²) in [6, 6.07) is 10.3. The fraction of sp³-hybridized carbons (Fsp3) is 0.261. The van der Waals surface area contributed by atoms with E-state index in [0.29, 0.717) is 11.1 Å². The molecule has 1 saturated heterocycles. The molecule has 31 heavy (non-hydrogen) atoms. The van der Waals surface area contributed by atoms with Gasteiger partial charge in [-0.1, -0.05) is 35.9 Å². The summed E-state index contributed by atoms with van der Waals surface area (Å²) in [7, 11) is 1.37. The summed E-state index contributed by atoms with van der Waals surface area (Å²) in [6.45, 7) is 1.89. The Balaban J connectivity index is 2.14. The SMILES string of the molecule is COc1cc(C2/C(=C(/O)c3ccc(C)cc3)C(=O)C(=O)N2CCCC(=O)O)ccc1O. The van der Waals surface area contributed by atoms with Gasteiger partial charge in [0.25, 0.3) is 11.7 Å². The zero-order valence-electron chi connectivity index (χ0n) is 17.2. The molecule has 1 heterocycles. The summed E-state index contributed by atoms with van der Waals surface area (Å²) in [5.41, 5.74) is 1.69. The average molecular weight is 425 g/mol. The van der Waals surface area contributed by atoms with Crippen LogP contribution in [0.15, 0.2) is 48.0 Å². The average Bonchev–Trinajstić information content (AvgIpc) is 2.99. The number of hydrogen-bond donors (Lipinski definition) is 3. The number of aromatic hydroxyl groups is 1. The van der Waals surface area contributed by atoms with Gasteiger partial charge in [0.2, 0.25) is 0 Å². The van der Waals surface area contributed by atoms with Gasteiger partial charge >= 0.3 is 5.97 Å². The van der Waals surface area contributed by atoms with Gasteiger partial charge in [-0.15, -0.1) is 0 Å². The van der Waals surface area contributed by atoms with Gasteiger partial charge < -0.3 is 25.0 Å². The highest BCUT2D eigenvalue weighted by atomic mass is 16.5. The van der Waals surface area contributed by atoms with Crippen LogP contribution in [-0.4, -0.2) is 51.5 Å². The number of carbonyl (C=O) groups is 3. The van der Waals surface area contributed by atoms with Gasteiger partial charge in [-0.05, 0) is 31.0 Å². The van der Waals surface area contributed by atoms with E-state index >= 15 is 0 Å². The third-order valence-corrected chi connectivity index (χ3v) is 5.17. The molecule has 1 amide bonds. The maximum atomic E-state index is 12.9. The van der Waals surface area contributed by atoms with E-state index in [-0.39, 0.29) is 42.2 Å². The molecule has 3 rings (SSSR count). The molecule has 1 aliphatic heterocycles. The summed E-state index contributed by atoms with van der Waals surface area (Å²) >= 11 is 0. The highest BCUT2D eigenvalue weighted by Gasteiger charge is 2.46. The number of aliphatic hydroxyl groups is 1. The molecule has 2 aromatic carbocycles. The van der Waals surface area contributed by atoms with Crippen molar-refractivity contribution >= 4 is 23.4 Å². The van der Waals surface area contributed by atoms with E-state index in [4.69, 9.17) is 9.84 Å². The number of nitrogens with zero attached hydrogens (tertiary/aromatic N) is 1. The molecule has 162 valence electrons. The largest absolute Gasteiger partial charge is 0.507 e. The first-order chi connectivity index (χ1) is 14.7. The van der Waals surface area contributed by atoms with Crippen LogP contribution in [0.25, 0.3) is 5.76 Å². The number of amides is 1. The van der Waals surface area contributed by atoms with Crippen LogP contribution in [0.4, 0.5) is 0 Å². The van der Waals surface area contributed by atoms with Crippen molar-refractivity contribution in [1.82, 2.24) is 4.90 Å². The van der Waals surface area contributed by atoms with Gasteiger partial charge in [-0.25, -0.2) is 0 Å². The van der Waals surface area contributed by atoms with Crippen LogP contribution >= 0.6 is 0 Å². The van der Waals surface area contributed by atoms with Gasteiger partial charge in [0.15, 0.2) is 11.5 Å². The fourth-order valence-electron chi connectivity index (χ4n) is 3.59. The van der Waals surface area contributed by atoms with Gasteiger partial charge in [0.1, 0.15) is 5.76 Å². The number of rotatable bonds is 7. The predicted octanol–water partition coefficient (Wildman–Crippen LogP) is 3.00. The molecule has 3 N–H and O–H groups in total. The predicted molar refractivity (Wildman–Crippen MR) is 112 cm³/mol. The highest BCUT2D eigenvalue weighted by molar-refractivity contribution is 6.46. The lowest BCUT2D eigenvalue weighted by Crippen LogP contribution is -2.31. The molecule has 2 aromatic rings. The van der Waals surface area contributed by atoms with E-state index in [9.17, 15) is 24.6 Å². The maximum Gasteiger partial charge on any atom is 0.303 e. The summed E-state index contributed by atoms with van der Waals surface area (Å²) < 4.78 is 5.15. The minimum Gasteiger partial charge on any atom is -0.507 e. The van der Waals surface area contributed by atoms with Crippen molar-refractivity contribution < 1.29 is 34.4 Å². The van der Waals surface area contributed by atoms with Gasteiger partial charge in [0.05, 0.1) is 18.7 Å². The zero-order valence-corrected chi connectivity index (χ0v) is 17.2. The van der Waals surface area contributed by atoms with Crippen LogP contribution in [0.1, 0.15) is 35.6 Å². The van der Waals surface area contributed by atoms with Crippen molar-refractivity contribution in [3.63, 3.8) is 0 Å². The van der Waals surface area contributed by atoms with E-state index in [2.05, 4.69) is 0 Å².